The molecule has 0 aliphatic carbocycles. The van der Waals surface area contributed by atoms with Crippen molar-refractivity contribution in [2.75, 3.05) is 13.7 Å². The van der Waals surface area contributed by atoms with Crippen LogP contribution in [0.15, 0.2) is 59.6 Å². The van der Waals surface area contributed by atoms with Gasteiger partial charge >= 0.3 is 0 Å². The zero-order chi connectivity index (χ0) is 19.2. The first-order chi connectivity index (χ1) is 13.1. The number of hydrogen-bond acceptors (Lipinski definition) is 5. The molecule has 0 radical (unpaired) electrons. The summed E-state index contributed by atoms with van der Waals surface area (Å²) in [6.07, 6.45) is 0.684. The Bertz CT molecular complexity index is 837. The molecule has 1 atom stereocenters. The van der Waals surface area contributed by atoms with Crippen molar-refractivity contribution in [2.24, 2.45) is 10.7 Å². The molecular formula is C20H21N3O3S. The number of methoxy groups -OCH3 is 1. The zero-order valence-electron chi connectivity index (χ0n) is 15.0. The molecule has 0 saturated carbocycles. The van der Waals surface area contributed by atoms with Crippen LogP contribution < -0.4 is 10.5 Å². The van der Waals surface area contributed by atoms with E-state index in [-0.39, 0.29) is 12.3 Å². The second kappa shape index (κ2) is 8.73. The summed E-state index contributed by atoms with van der Waals surface area (Å²) in [5, 5.41) is 0.0896. The van der Waals surface area contributed by atoms with E-state index in [0.29, 0.717) is 18.1 Å². The van der Waals surface area contributed by atoms with E-state index in [1.54, 1.807) is 12.0 Å². The van der Waals surface area contributed by atoms with Gasteiger partial charge in [0.25, 0.3) is 0 Å². The highest BCUT2D eigenvalue weighted by Crippen LogP contribution is 2.31. The average Bonchev–Trinajstić information content (AvgIpc) is 2.95. The molecule has 1 aliphatic heterocycles. The molecule has 7 heteroatoms. The minimum Gasteiger partial charge on any atom is -0.497 e. The Kier molecular flexibility index (Phi) is 6.13. The standard InChI is InChI=1S/C20H21N3O3S/c1-26-16-9-7-14(8-10-16)11-12-23-19(25)17(13-18(21)24)27-20(23)22-15-5-3-2-4-6-15/h2-10,17H,11-13H2,1H3,(H2,21,24)/t17-/m0/s1. The lowest BCUT2D eigenvalue weighted by molar-refractivity contribution is -0.128. The molecule has 1 saturated heterocycles. The third-order valence-electron chi connectivity index (χ3n) is 4.17. The predicted octanol–water partition coefficient (Wildman–Crippen LogP) is 2.74. The smallest absolute Gasteiger partial charge is 0.242 e. The van der Waals surface area contributed by atoms with E-state index in [9.17, 15) is 9.59 Å². The summed E-state index contributed by atoms with van der Waals surface area (Å²) in [6, 6.07) is 17.2. The van der Waals surface area contributed by atoms with Gasteiger partial charge in [0.05, 0.1) is 12.8 Å². The average molecular weight is 383 g/mol. The van der Waals surface area contributed by atoms with Gasteiger partial charge in [0.15, 0.2) is 5.17 Å². The van der Waals surface area contributed by atoms with Gasteiger partial charge in [-0.1, -0.05) is 42.1 Å². The summed E-state index contributed by atoms with van der Waals surface area (Å²) in [6.45, 7) is 0.485. The van der Waals surface area contributed by atoms with Gasteiger partial charge in [-0.25, -0.2) is 4.99 Å². The van der Waals surface area contributed by atoms with Crippen LogP contribution in [0.25, 0.3) is 0 Å². The first-order valence-corrected chi connectivity index (χ1v) is 9.48. The number of hydrogen-bond donors (Lipinski definition) is 1. The van der Waals surface area contributed by atoms with E-state index in [1.807, 2.05) is 54.6 Å². The minimum absolute atomic E-state index is 0.0103. The number of nitrogens with zero attached hydrogens (tertiary/aromatic N) is 2. The number of carbonyl (C=O) groups excluding carboxylic acids is 2. The molecule has 6 nitrogen and oxygen atoms in total. The summed E-state index contributed by atoms with van der Waals surface area (Å²) < 4.78 is 5.17. The Balaban J connectivity index is 1.78. The summed E-state index contributed by atoms with van der Waals surface area (Å²) in [5.74, 6) is 0.179. The van der Waals surface area contributed by atoms with Crippen LogP contribution in [0, 0.1) is 0 Å². The Morgan fingerprint density at radius 3 is 2.52 bits per heavy atom. The van der Waals surface area contributed by atoms with Gasteiger partial charge < -0.3 is 10.5 Å². The number of nitrogens with two attached hydrogens (primary N) is 1. The second-order valence-corrected chi connectivity index (χ2v) is 7.26. The van der Waals surface area contributed by atoms with E-state index in [1.165, 1.54) is 11.8 Å². The fourth-order valence-corrected chi connectivity index (χ4v) is 3.96. The first kappa shape index (κ1) is 19.0. The quantitative estimate of drug-likeness (QED) is 0.797. The third kappa shape index (κ3) is 4.89. The molecule has 0 unspecified atom stereocenters. The topological polar surface area (TPSA) is 85.0 Å². The molecule has 2 N–H and O–H groups in total. The number of rotatable bonds is 7. The van der Waals surface area contributed by atoms with Gasteiger partial charge in [-0.2, -0.15) is 0 Å². The zero-order valence-corrected chi connectivity index (χ0v) is 15.8. The monoisotopic (exact) mass is 383 g/mol. The molecule has 2 aromatic rings. The van der Waals surface area contributed by atoms with E-state index < -0.39 is 11.2 Å². The number of para-hydroxylation sites is 1. The summed E-state index contributed by atoms with van der Waals surface area (Å²) >= 11 is 1.30. The Morgan fingerprint density at radius 1 is 1.19 bits per heavy atom. The molecule has 0 bridgehead atoms. The van der Waals surface area contributed by atoms with Crippen molar-refractivity contribution in [2.45, 2.75) is 18.1 Å². The van der Waals surface area contributed by atoms with Crippen molar-refractivity contribution >= 4 is 34.4 Å². The number of primary amides is 1. The first-order valence-electron chi connectivity index (χ1n) is 8.60. The molecule has 140 valence electrons. The lowest BCUT2D eigenvalue weighted by atomic mass is 10.1. The SMILES string of the molecule is COc1ccc(CCN2C(=O)[C@H](CC(N)=O)SC2=Nc2ccccc2)cc1. The van der Waals surface area contributed by atoms with Crippen molar-refractivity contribution in [3.8, 4) is 5.75 Å². The maximum absolute atomic E-state index is 12.8. The lowest BCUT2D eigenvalue weighted by Crippen LogP contribution is -2.35. The highest BCUT2D eigenvalue weighted by atomic mass is 32.2. The van der Waals surface area contributed by atoms with Gasteiger partial charge in [-0.05, 0) is 36.2 Å². The number of thioether (sulfide) groups is 1. The molecule has 1 heterocycles. The number of amides is 2. The van der Waals surface area contributed by atoms with Crippen molar-refractivity contribution in [3.63, 3.8) is 0 Å². The van der Waals surface area contributed by atoms with Crippen LogP contribution in [0.1, 0.15) is 12.0 Å². The van der Waals surface area contributed by atoms with Crippen LogP contribution in [-0.4, -0.2) is 40.8 Å². The molecule has 2 amide bonds. The highest BCUT2D eigenvalue weighted by Gasteiger charge is 2.38. The van der Waals surface area contributed by atoms with Crippen LogP contribution in [0.4, 0.5) is 5.69 Å². The van der Waals surface area contributed by atoms with Gasteiger partial charge in [0, 0.05) is 13.0 Å². The normalized spacial score (nSPS) is 18.1. The van der Waals surface area contributed by atoms with E-state index in [4.69, 9.17) is 10.5 Å². The fourth-order valence-electron chi connectivity index (χ4n) is 2.76. The molecule has 1 fully saturated rings. The van der Waals surface area contributed by atoms with E-state index in [2.05, 4.69) is 4.99 Å². The molecule has 0 aromatic heterocycles. The van der Waals surface area contributed by atoms with Gasteiger partial charge in [-0.15, -0.1) is 0 Å². The number of aliphatic imine (C=N–C) groups is 1. The Morgan fingerprint density at radius 2 is 1.89 bits per heavy atom. The molecule has 3 rings (SSSR count). The lowest BCUT2D eigenvalue weighted by Gasteiger charge is -2.16. The number of benzene rings is 2. The van der Waals surface area contributed by atoms with Crippen LogP contribution in [0.3, 0.4) is 0 Å². The maximum atomic E-state index is 12.8. The third-order valence-corrected chi connectivity index (χ3v) is 5.35. The fraction of sp³-hybridized carbons (Fsp3) is 0.250. The van der Waals surface area contributed by atoms with Crippen LogP contribution in [0.2, 0.25) is 0 Å². The molecule has 1 aliphatic rings. The van der Waals surface area contributed by atoms with Crippen molar-refractivity contribution in [3.05, 3.63) is 60.2 Å². The van der Waals surface area contributed by atoms with E-state index in [0.717, 1.165) is 17.0 Å². The minimum atomic E-state index is -0.513. The van der Waals surface area contributed by atoms with Crippen LogP contribution >= 0.6 is 11.8 Å². The Hall–Kier alpha value is -2.80. The second-order valence-electron chi connectivity index (χ2n) is 6.09. The number of ether oxygens (including phenoxy) is 1. The number of carbonyl (C=O) groups is 2. The summed E-state index contributed by atoms with van der Waals surface area (Å²) in [5.41, 5.74) is 7.15. The number of amidine groups is 1. The van der Waals surface area contributed by atoms with Gasteiger partial charge in [0.1, 0.15) is 11.0 Å². The van der Waals surface area contributed by atoms with Gasteiger partial charge in [0.2, 0.25) is 11.8 Å². The maximum Gasteiger partial charge on any atom is 0.242 e. The largest absolute Gasteiger partial charge is 0.497 e. The molecule has 2 aromatic carbocycles. The Labute approximate surface area is 162 Å². The van der Waals surface area contributed by atoms with Crippen LogP contribution in [0.5, 0.6) is 5.75 Å². The van der Waals surface area contributed by atoms with Gasteiger partial charge in [-0.3, -0.25) is 14.5 Å². The van der Waals surface area contributed by atoms with Crippen LogP contribution in [-0.2, 0) is 16.0 Å². The van der Waals surface area contributed by atoms with Crippen molar-refractivity contribution in [1.29, 1.82) is 0 Å². The van der Waals surface area contributed by atoms with E-state index >= 15 is 0 Å². The summed E-state index contributed by atoms with van der Waals surface area (Å²) in [7, 11) is 1.63. The molecular weight excluding hydrogens is 362 g/mol. The molecule has 0 spiro atoms. The molecule has 27 heavy (non-hydrogen) atoms. The summed E-state index contributed by atoms with van der Waals surface area (Å²) in [4.78, 5) is 30.3. The predicted molar refractivity (Wildman–Crippen MR) is 107 cm³/mol. The van der Waals surface area contributed by atoms with Crippen molar-refractivity contribution < 1.29 is 14.3 Å². The highest BCUT2D eigenvalue weighted by molar-refractivity contribution is 8.15. The van der Waals surface area contributed by atoms with Crippen molar-refractivity contribution in [1.82, 2.24) is 4.90 Å².